The van der Waals surface area contributed by atoms with Crippen LogP contribution in [0.25, 0.3) is 0 Å². The standard InChI is InChI=1S/C23H27N3O5S2/c1-5-31-23(30)20-18-9-10-26(15(4)28)12-19(18)33-22(20)25-21(29)13(2)32-17-8-6-7-16(11-17)24-14(3)27/h6-8,11,13H,5,9-10,12H2,1-4H3,(H,24,27)(H,25,29). The SMILES string of the molecule is CCOC(=O)c1c(NC(=O)C(C)Sc2cccc(NC(C)=O)c2)sc2c1CCN(C(C)=O)C2. The molecular formula is C23H27N3O5S2. The average Bonchev–Trinajstić information content (AvgIpc) is 3.10. The lowest BCUT2D eigenvalue weighted by Crippen LogP contribution is -2.34. The Morgan fingerprint density at radius 2 is 1.97 bits per heavy atom. The van der Waals surface area contributed by atoms with Gasteiger partial charge in [0.15, 0.2) is 0 Å². The fraction of sp³-hybridized carbons (Fsp3) is 0.391. The first-order chi connectivity index (χ1) is 15.7. The van der Waals surface area contributed by atoms with E-state index in [0.717, 1.165) is 15.3 Å². The Bertz CT molecular complexity index is 1080. The van der Waals surface area contributed by atoms with Gasteiger partial charge in [0.25, 0.3) is 0 Å². The van der Waals surface area contributed by atoms with E-state index in [1.54, 1.807) is 30.9 Å². The summed E-state index contributed by atoms with van der Waals surface area (Å²) in [5, 5.41) is 5.63. The van der Waals surface area contributed by atoms with Crippen molar-refractivity contribution in [2.75, 3.05) is 23.8 Å². The van der Waals surface area contributed by atoms with Crippen molar-refractivity contribution >= 4 is 57.5 Å². The minimum Gasteiger partial charge on any atom is -0.462 e. The number of thioether (sulfide) groups is 1. The number of carbonyl (C=O) groups excluding carboxylic acids is 4. The molecule has 1 unspecified atom stereocenters. The zero-order chi connectivity index (χ0) is 24.1. The van der Waals surface area contributed by atoms with Crippen molar-refractivity contribution in [1.29, 1.82) is 0 Å². The number of esters is 1. The van der Waals surface area contributed by atoms with E-state index in [1.807, 2.05) is 12.1 Å². The Labute approximate surface area is 201 Å². The Kier molecular flexibility index (Phi) is 8.15. The van der Waals surface area contributed by atoms with E-state index in [2.05, 4.69) is 10.6 Å². The summed E-state index contributed by atoms with van der Waals surface area (Å²) in [5.41, 5.74) is 1.89. The summed E-state index contributed by atoms with van der Waals surface area (Å²) in [4.78, 5) is 52.2. The van der Waals surface area contributed by atoms with Crippen LogP contribution in [0.4, 0.5) is 10.7 Å². The highest BCUT2D eigenvalue weighted by atomic mass is 32.2. The van der Waals surface area contributed by atoms with Gasteiger partial charge in [-0.15, -0.1) is 23.1 Å². The van der Waals surface area contributed by atoms with Crippen LogP contribution in [-0.2, 0) is 32.1 Å². The van der Waals surface area contributed by atoms with Crippen LogP contribution in [0, 0.1) is 0 Å². The fourth-order valence-electron chi connectivity index (χ4n) is 3.50. The molecule has 0 radical (unpaired) electrons. The summed E-state index contributed by atoms with van der Waals surface area (Å²) in [7, 11) is 0. The van der Waals surface area contributed by atoms with Gasteiger partial charge in [0.2, 0.25) is 17.7 Å². The molecule has 10 heteroatoms. The van der Waals surface area contributed by atoms with Gasteiger partial charge < -0.3 is 20.3 Å². The van der Waals surface area contributed by atoms with E-state index >= 15 is 0 Å². The molecule has 8 nitrogen and oxygen atoms in total. The zero-order valence-corrected chi connectivity index (χ0v) is 20.7. The molecule has 1 aromatic heterocycles. The number of carbonyl (C=O) groups is 4. The van der Waals surface area contributed by atoms with Gasteiger partial charge in [-0.05, 0) is 44.0 Å². The predicted octanol–water partition coefficient (Wildman–Crippen LogP) is 3.91. The summed E-state index contributed by atoms with van der Waals surface area (Å²) >= 11 is 2.66. The largest absolute Gasteiger partial charge is 0.462 e. The van der Waals surface area contributed by atoms with E-state index in [-0.39, 0.29) is 24.3 Å². The van der Waals surface area contributed by atoms with Gasteiger partial charge in [-0.2, -0.15) is 0 Å². The maximum atomic E-state index is 13.0. The third-order valence-corrected chi connectivity index (χ3v) is 7.28. The molecule has 1 aliphatic heterocycles. The number of amides is 3. The molecule has 33 heavy (non-hydrogen) atoms. The molecule has 1 aliphatic rings. The van der Waals surface area contributed by atoms with Crippen molar-refractivity contribution in [2.45, 2.75) is 50.8 Å². The van der Waals surface area contributed by atoms with Crippen molar-refractivity contribution < 1.29 is 23.9 Å². The number of ether oxygens (including phenoxy) is 1. The Hall–Kier alpha value is -2.85. The minimum absolute atomic E-state index is 0.0242. The second kappa shape index (κ2) is 10.8. The van der Waals surface area contributed by atoms with Crippen LogP contribution in [0.15, 0.2) is 29.2 Å². The number of hydrogen-bond acceptors (Lipinski definition) is 7. The third kappa shape index (κ3) is 6.14. The first kappa shape index (κ1) is 24.8. The average molecular weight is 490 g/mol. The van der Waals surface area contributed by atoms with Gasteiger partial charge in [-0.25, -0.2) is 4.79 Å². The van der Waals surface area contributed by atoms with E-state index < -0.39 is 11.2 Å². The van der Waals surface area contributed by atoms with Gasteiger partial charge in [0.1, 0.15) is 5.00 Å². The number of fused-ring (bicyclic) bond motifs is 1. The van der Waals surface area contributed by atoms with Gasteiger partial charge in [-0.3, -0.25) is 14.4 Å². The summed E-state index contributed by atoms with van der Waals surface area (Å²) in [6.45, 7) is 7.64. The second-order valence-electron chi connectivity index (χ2n) is 7.58. The fourth-order valence-corrected chi connectivity index (χ4v) is 5.68. The summed E-state index contributed by atoms with van der Waals surface area (Å²) in [5.74, 6) is -0.911. The number of nitrogens with zero attached hydrogens (tertiary/aromatic N) is 1. The molecule has 0 spiro atoms. The number of hydrogen-bond donors (Lipinski definition) is 2. The molecule has 176 valence electrons. The smallest absolute Gasteiger partial charge is 0.341 e. The van der Waals surface area contributed by atoms with Crippen molar-refractivity contribution in [2.24, 2.45) is 0 Å². The van der Waals surface area contributed by atoms with Crippen molar-refractivity contribution in [3.63, 3.8) is 0 Å². The first-order valence-corrected chi connectivity index (χ1v) is 12.3. The van der Waals surface area contributed by atoms with Crippen molar-refractivity contribution in [3.05, 3.63) is 40.3 Å². The van der Waals surface area contributed by atoms with Crippen LogP contribution >= 0.6 is 23.1 Å². The molecule has 1 atom stereocenters. The maximum absolute atomic E-state index is 13.0. The lowest BCUT2D eigenvalue weighted by atomic mass is 10.0. The first-order valence-electron chi connectivity index (χ1n) is 10.6. The highest BCUT2D eigenvalue weighted by Gasteiger charge is 2.31. The Morgan fingerprint density at radius 3 is 2.64 bits per heavy atom. The van der Waals surface area contributed by atoms with Gasteiger partial charge in [-0.1, -0.05) is 6.07 Å². The minimum atomic E-state index is -0.468. The third-order valence-electron chi connectivity index (χ3n) is 5.05. The van der Waals surface area contributed by atoms with Crippen LogP contribution in [0.5, 0.6) is 0 Å². The quantitative estimate of drug-likeness (QED) is 0.451. The molecule has 0 saturated heterocycles. The molecular weight excluding hydrogens is 462 g/mol. The highest BCUT2D eigenvalue weighted by molar-refractivity contribution is 8.00. The molecule has 0 saturated carbocycles. The van der Waals surface area contributed by atoms with E-state index in [9.17, 15) is 19.2 Å². The van der Waals surface area contributed by atoms with Crippen LogP contribution in [0.2, 0.25) is 0 Å². The highest BCUT2D eigenvalue weighted by Crippen LogP contribution is 2.38. The second-order valence-corrected chi connectivity index (χ2v) is 10.1. The molecule has 1 aromatic carbocycles. The lowest BCUT2D eigenvalue weighted by Gasteiger charge is -2.25. The zero-order valence-electron chi connectivity index (χ0n) is 19.0. The predicted molar refractivity (Wildman–Crippen MR) is 130 cm³/mol. The van der Waals surface area contributed by atoms with Crippen molar-refractivity contribution in [3.8, 4) is 0 Å². The number of thiophene rings is 1. The number of anilines is 2. The Morgan fingerprint density at radius 1 is 1.21 bits per heavy atom. The van der Waals surface area contributed by atoms with Crippen LogP contribution in [-0.4, -0.2) is 47.0 Å². The van der Waals surface area contributed by atoms with Gasteiger partial charge >= 0.3 is 5.97 Å². The number of nitrogens with one attached hydrogen (secondary N) is 2. The van der Waals surface area contributed by atoms with Crippen LogP contribution < -0.4 is 10.6 Å². The monoisotopic (exact) mass is 489 g/mol. The molecule has 0 fully saturated rings. The maximum Gasteiger partial charge on any atom is 0.341 e. The van der Waals surface area contributed by atoms with Gasteiger partial charge in [0.05, 0.1) is 24.0 Å². The molecule has 0 aliphatic carbocycles. The molecule has 2 aromatic rings. The summed E-state index contributed by atoms with van der Waals surface area (Å²) < 4.78 is 5.25. The van der Waals surface area contributed by atoms with E-state index in [1.165, 1.54) is 36.9 Å². The normalized spacial score (nSPS) is 13.6. The summed E-state index contributed by atoms with van der Waals surface area (Å²) in [6, 6.07) is 7.26. The summed E-state index contributed by atoms with van der Waals surface area (Å²) in [6.07, 6.45) is 0.537. The van der Waals surface area contributed by atoms with E-state index in [4.69, 9.17) is 4.74 Å². The molecule has 0 bridgehead atoms. The molecule has 3 amide bonds. The molecule has 3 rings (SSSR count). The van der Waals surface area contributed by atoms with Crippen LogP contribution in [0.3, 0.4) is 0 Å². The molecule has 2 N–H and O–H groups in total. The Balaban J connectivity index is 1.79. The topological polar surface area (TPSA) is 105 Å². The van der Waals surface area contributed by atoms with E-state index in [0.29, 0.717) is 35.8 Å². The van der Waals surface area contributed by atoms with Crippen molar-refractivity contribution in [1.82, 2.24) is 4.90 Å². The number of rotatable bonds is 7. The molecule has 2 heterocycles. The number of benzene rings is 1. The lowest BCUT2D eigenvalue weighted by molar-refractivity contribution is -0.129. The van der Waals surface area contributed by atoms with Gasteiger partial charge in [0, 0.05) is 35.9 Å². The van der Waals surface area contributed by atoms with Crippen LogP contribution in [0.1, 0.15) is 48.5 Å².